The van der Waals surface area contributed by atoms with Crippen LogP contribution in [0.3, 0.4) is 0 Å². The van der Waals surface area contributed by atoms with Crippen molar-refractivity contribution in [3.05, 3.63) is 23.8 Å². The van der Waals surface area contributed by atoms with Crippen molar-refractivity contribution < 1.29 is 32.6 Å². The third-order valence-electron chi connectivity index (χ3n) is 3.70. The van der Waals surface area contributed by atoms with Crippen LogP contribution in [0.15, 0.2) is 18.2 Å². The van der Waals surface area contributed by atoms with Crippen LogP contribution in [-0.2, 0) is 16.0 Å². The first-order valence-corrected chi connectivity index (χ1v) is 7.89. The molecule has 1 aromatic carbocycles. The molecule has 1 atom stereocenters. The number of alkyl halides is 2. The summed E-state index contributed by atoms with van der Waals surface area (Å²) in [5, 5.41) is 7.20. The number of amides is 4. The minimum atomic E-state index is -2.94. The second kappa shape index (κ2) is 8.97. The molecule has 1 aliphatic rings. The lowest BCUT2D eigenvalue weighted by Gasteiger charge is -2.12. The van der Waals surface area contributed by atoms with Gasteiger partial charge < -0.3 is 20.1 Å². The number of carbonyl (C=O) groups is 3. The molecule has 1 heterocycles. The molecule has 8 nitrogen and oxygen atoms in total. The maximum atomic E-state index is 12.3. The zero-order valence-electron chi connectivity index (χ0n) is 14.0. The SMILES string of the molecule is COc1cc(CCNC(=O)CC[C@H]2NC(=O)NC2=O)ccc1OC(F)F. The van der Waals surface area contributed by atoms with Crippen LogP contribution in [0.2, 0.25) is 0 Å². The molecule has 142 valence electrons. The molecule has 10 heteroatoms. The van der Waals surface area contributed by atoms with Gasteiger partial charge >= 0.3 is 12.6 Å². The van der Waals surface area contributed by atoms with Crippen LogP contribution in [-0.4, -0.2) is 44.2 Å². The van der Waals surface area contributed by atoms with Crippen molar-refractivity contribution in [3.8, 4) is 11.5 Å². The summed E-state index contributed by atoms with van der Waals surface area (Å²) in [6.45, 7) is -2.62. The zero-order valence-corrected chi connectivity index (χ0v) is 14.0. The Hall–Kier alpha value is -2.91. The van der Waals surface area contributed by atoms with Crippen molar-refractivity contribution in [2.24, 2.45) is 0 Å². The van der Waals surface area contributed by atoms with Gasteiger partial charge in [0.1, 0.15) is 6.04 Å². The summed E-state index contributed by atoms with van der Waals surface area (Å²) in [7, 11) is 1.34. The average molecular weight is 371 g/mol. The minimum Gasteiger partial charge on any atom is -0.493 e. The molecule has 1 aromatic rings. The molecule has 0 spiro atoms. The number of halogens is 2. The van der Waals surface area contributed by atoms with Crippen LogP contribution in [0.1, 0.15) is 18.4 Å². The normalized spacial score (nSPS) is 16.2. The van der Waals surface area contributed by atoms with E-state index in [0.717, 1.165) is 5.56 Å². The Kier molecular flexibility index (Phi) is 6.70. The number of ether oxygens (including phenoxy) is 2. The first kappa shape index (κ1) is 19.4. The Morgan fingerprint density at radius 1 is 1.31 bits per heavy atom. The van der Waals surface area contributed by atoms with Gasteiger partial charge in [-0.25, -0.2) is 4.79 Å². The first-order valence-electron chi connectivity index (χ1n) is 7.89. The summed E-state index contributed by atoms with van der Waals surface area (Å²) in [5.74, 6) is -0.589. The molecular formula is C16H19F2N3O5. The lowest BCUT2D eigenvalue weighted by Crippen LogP contribution is -2.32. The molecule has 1 saturated heterocycles. The molecule has 0 unspecified atom stereocenters. The molecule has 2 rings (SSSR count). The van der Waals surface area contributed by atoms with Crippen LogP contribution in [0, 0.1) is 0 Å². The van der Waals surface area contributed by atoms with Gasteiger partial charge in [0.2, 0.25) is 5.91 Å². The zero-order chi connectivity index (χ0) is 19.1. The van der Waals surface area contributed by atoms with Crippen LogP contribution < -0.4 is 25.4 Å². The molecule has 0 aliphatic carbocycles. The lowest BCUT2D eigenvalue weighted by molar-refractivity contribution is -0.122. The number of imide groups is 1. The molecule has 0 aromatic heterocycles. The number of methoxy groups -OCH3 is 1. The Balaban J connectivity index is 1.75. The van der Waals surface area contributed by atoms with Gasteiger partial charge in [-0.1, -0.05) is 6.07 Å². The van der Waals surface area contributed by atoms with E-state index in [0.29, 0.717) is 13.0 Å². The average Bonchev–Trinajstić information content (AvgIpc) is 2.91. The van der Waals surface area contributed by atoms with E-state index in [-0.39, 0.29) is 30.2 Å². The predicted molar refractivity (Wildman–Crippen MR) is 86.0 cm³/mol. The summed E-state index contributed by atoms with van der Waals surface area (Å²) >= 11 is 0. The second-order valence-corrected chi connectivity index (χ2v) is 5.52. The van der Waals surface area contributed by atoms with Crippen molar-refractivity contribution in [2.45, 2.75) is 31.9 Å². The Bertz CT molecular complexity index is 684. The van der Waals surface area contributed by atoms with E-state index in [1.165, 1.54) is 13.2 Å². The molecule has 1 fully saturated rings. The molecule has 0 saturated carbocycles. The summed E-state index contributed by atoms with van der Waals surface area (Å²) in [6.07, 6.45) is 0.747. The topological polar surface area (TPSA) is 106 Å². The third kappa shape index (κ3) is 5.57. The molecular weight excluding hydrogens is 352 g/mol. The second-order valence-electron chi connectivity index (χ2n) is 5.52. The number of rotatable bonds is 9. The number of hydrogen-bond donors (Lipinski definition) is 3. The largest absolute Gasteiger partial charge is 0.493 e. The van der Waals surface area contributed by atoms with E-state index in [4.69, 9.17) is 4.74 Å². The van der Waals surface area contributed by atoms with E-state index < -0.39 is 24.6 Å². The van der Waals surface area contributed by atoms with E-state index in [1.54, 1.807) is 12.1 Å². The highest BCUT2D eigenvalue weighted by Crippen LogP contribution is 2.29. The van der Waals surface area contributed by atoms with Crippen molar-refractivity contribution >= 4 is 17.8 Å². The van der Waals surface area contributed by atoms with E-state index in [9.17, 15) is 23.2 Å². The van der Waals surface area contributed by atoms with Gasteiger partial charge in [0.25, 0.3) is 5.91 Å². The van der Waals surface area contributed by atoms with Gasteiger partial charge in [0.15, 0.2) is 11.5 Å². The molecule has 3 N–H and O–H groups in total. The van der Waals surface area contributed by atoms with Gasteiger partial charge in [-0.2, -0.15) is 8.78 Å². The van der Waals surface area contributed by atoms with Crippen molar-refractivity contribution in [1.82, 2.24) is 16.0 Å². The maximum Gasteiger partial charge on any atom is 0.387 e. The highest BCUT2D eigenvalue weighted by molar-refractivity contribution is 6.04. The summed E-state index contributed by atoms with van der Waals surface area (Å²) in [4.78, 5) is 34.1. The van der Waals surface area contributed by atoms with Gasteiger partial charge in [-0.3, -0.25) is 14.9 Å². The van der Waals surface area contributed by atoms with Crippen molar-refractivity contribution in [2.75, 3.05) is 13.7 Å². The fourth-order valence-corrected chi connectivity index (χ4v) is 2.43. The van der Waals surface area contributed by atoms with E-state index in [1.807, 2.05) is 0 Å². The minimum absolute atomic E-state index is 0.0628. The van der Waals surface area contributed by atoms with Gasteiger partial charge in [0, 0.05) is 13.0 Å². The predicted octanol–water partition coefficient (Wildman–Crippen LogP) is 0.943. The van der Waals surface area contributed by atoms with Crippen molar-refractivity contribution in [3.63, 3.8) is 0 Å². The highest BCUT2D eigenvalue weighted by Gasteiger charge is 2.29. The van der Waals surface area contributed by atoms with Crippen LogP contribution in [0.25, 0.3) is 0 Å². The van der Waals surface area contributed by atoms with E-state index in [2.05, 4.69) is 20.7 Å². The number of benzene rings is 1. The smallest absolute Gasteiger partial charge is 0.387 e. The summed E-state index contributed by atoms with van der Waals surface area (Å²) < 4.78 is 33.9. The van der Waals surface area contributed by atoms with Gasteiger partial charge in [0.05, 0.1) is 7.11 Å². The first-order chi connectivity index (χ1) is 12.4. The molecule has 26 heavy (non-hydrogen) atoms. The van der Waals surface area contributed by atoms with Crippen LogP contribution in [0.4, 0.5) is 13.6 Å². The Morgan fingerprint density at radius 2 is 2.08 bits per heavy atom. The molecule has 0 bridgehead atoms. The quantitative estimate of drug-likeness (QED) is 0.561. The number of urea groups is 1. The van der Waals surface area contributed by atoms with Gasteiger partial charge in [-0.05, 0) is 30.5 Å². The van der Waals surface area contributed by atoms with Gasteiger partial charge in [-0.15, -0.1) is 0 Å². The standard InChI is InChI=1S/C16H19F2N3O5/c1-25-12-8-9(2-4-11(12)26-15(17)18)6-7-19-13(22)5-3-10-14(23)21-16(24)20-10/h2,4,8,10,15H,3,5-7H2,1H3,(H,19,22)(H2,20,21,23,24)/t10-/m1/s1. The van der Waals surface area contributed by atoms with Crippen LogP contribution in [0.5, 0.6) is 11.5 Å². The fraction of sp³-hybridized carbons (Fsp3) is 0.438. The number of hydrogen-bond acceptors (Lipinski definition) is 5. The molecule has 0 radical (unpaired) electrons. The summed E-state index contributed by atoms with van der Waals surface area (Å²) in [6, 6.07) is 3.28. The van der Waals surface area contributed by atoms with Crippen LogP contribution >= 0.6 is 0 Å². The molecule has 1 aliphatic heterocycles. The Morgan fingerprint density at radius 3 is 2.69 bits per heavy atom. The number of nitrogens with one attached hydrogen (secondary N) is 3. The third-order valence-corrected chi connectivity index (χ3v) is 3.70. The molecule has 4 amide bonds. The number of carbonyl (C=O) groups excluding carboxylic acids is 3. The van der Waals surface area contributed by atoms with E-state index >= 15 is 0 Å². The maximum absolute atomic E-state index is 12.3. The Labute approximate surface area is 148 Å². The fourth-order valence-electron chi connectivity index (χ4n) is 2.43. The lowest BCUT2D eigenvalue weighted by atomic mass is 10.1. The highest BCUT2D eigenvalue weighted by atomic mass is 19.3. The summed E-state index contributed by atoms with van der Waals surface area (Å²) in [5.41, 5.74) is 0.770. The van der Waals surface area contributed by atoms with Crippen molar-refractivity contribution in [1.29, 1.82) is 0 Å². The monoisotopic (exact) mass is 371 g/mol.